The SMILES string of the molecule is O=S1(=O)CCCC(n2c(CO)n[nH]c2=S)C1. The fraction of sp³-hybridized carbons (Fsp3) is 0.750. The van der Waals surface area contributed by atoms with Crippen molar-refractivity contribution in [3.8, 4) is 0 Å². The monoisotopic (exact) mass is 263 g/mol. The number of hydrogen-bond donors (Lipinski definition) is 2. The van der Waals surface area contributed by atoms with Gasteiger partial charge in [0.25, 0.3) is 0 Å². The smallest absolute Gasteiger partial charge is 0.195 e. The molecule has 1 saturated heterocycles. The number of nitrogens with zero attached hydrogens (tertiary/aromatic N) is 2. The summed E-state index contributed by atoms with van der Waals surface area (Å²) < 4.78 is 25.0. The molecular formula is C8H13N3O3S2. The number of hydrogen-bond acceptors (Lipinski definition) is 5. The van der Waals surface area contributed by atoms with Gasteiger partial charge in [-0.05, 0) is 25.1 Å². The predicted octanol–water partition coefficient (Wildman–Crippen LogP) is 0.183. The molecule has 1 atom stereocenters. The van der Waals surface area contributed by atoms with Gasteiger partial charge in [0.2, 0.25) is 0 Å². The highest BCUT2D eigenvalue weighted by Gasteiger charge is 2.27. The average molecular weight is 263 g/mol. The third-order valence-electron chi connectivity index (χ3n) is 2.72. The number of aromatic nitrogens is 3. The molecule has 1 aliphatic heterocycles. The Labute approximate surface area is 98.2 Å². The molecule has 0 aliphatic carbocycles. The molecule has 1 aromatic heterocycles. The van der Waals surface area contributed by atoms with Crippen molar-refractivity contribution in [3.05, 3.63) is 10.6 Å². The molecule has 0 aromatic carbocycles. The Bertz CT molecular complexity index is 531. The Morgan fingerprint density at radius 1 is 1.62 bits per heavy atom. The maximum Gasteiger partial charge on any atom is 0.195 e. The number of sulfone groups is 1. The first kappa shape index (κ1) is 11.7. The molecule has 8 heteroatoms. The molecule has 0 bridgehead atoms. The molecule has 0 saturated carbocycles. The summed E-state index contributed by atoms with van der Waals surface area (Å²) in [5, 5.41) is 15.5. The Hall–Kier alpha value is -0.730. The summed E-state index contributed by atoms with van der Waals surface area (Å²) >= 11 is 5.03. The molecule has 0 spiro atoms. The first-order valence-electron chi connectivity index (χ1n) is 5.00. The fourth-order valence-electron chi connectivity index (χ4n) is 2.03. The van der Waals surface area contributed by atoms with Crippen molar-refractivity contribution in [2.75, 3.05) is 11.5 Å². The predicted molar refractivity (Wildman–Crippen MR) is 60.3 cm³/mol. The third-order valence-corrected chi connectivity index (χ3v) is 4.81. The third kappa shape index (κ3) is 2.18. The van der Waals surface area contributed by atoms with E-state index < -0.39 is 9.84 Å². The van der Waals surface area contributed by atoms with Crippen LogP contribution in [0.1, 0.15) is 24.7 Å². The van der Waals surface area contributed by atoms with E-state index in [0.717, 1.165) is 6.42 Å². The van der Waals surface area contributed by atoms with E-state index in [0.29, 0.717) is 17.0 Å². The van der Waals surface area contributed by atoms with Crippen molar-refractivity contribution in [2.45, 2.75) is 25.5 Å². The van der Waals surface area contributed by atoms with Crippen molar-refractivity contribution in [2.24, 2.45) is 0 Å². The summed E-state index contributed by atoms with van der Waals surface area (Å²) in [7, 11) is -2.99. The van der Waals surface area contributed by atoms with Crippen LogP contribution in [0.25, 0.3) is 0 Å². The minimum absolute atomic E-state index is 0.0772. The van der Waals surface area contributed by atoms with Gasteiger partial charge in [0, 0.05) is 0 Å². The van der Waals surface area contributed by atoms with Crippen LogP contribution in [-0.4, -0.2) is 39.8 Å². The topological polar surface area (TPSA) is 88.0 Å². The van der Waals surface area contributed by atoms with Gasteiger partial charge in [-0.15, -0.1) is 0 Å². The molecule has 1 fully saturated rings. The van der Waals surface area contributed by atoms with Gasteiger partial charge in [-0.1, -0.05) is 0 Å². The van der Waals surface area contributed by atoms with Crippen molar-refractivity contribution >= 4 is 22.1 Å². The normalized spacial score (nSPS) is 24.4. The Balaban J connectivity index is 2.37. The zero-order valence-electron chi connectivity index (χ0n) is 8.59. The van der Waals surface area contributed by atoms with Crippen molar-refractivity contribution in [1.82, 2.24) is 14.8 Å². The van der Waals surface area contributed by atoms with E-state index in [-0.39, 0.29) is 24.2 Å². The standard InChI is InChI=1S/C8H13N3O3S2/c12-4-7-9-10-8(15)11(7)6-2-1-3-16(13,14)5-6/h6,12H,1-5H2,(H,10,15). The maximum absolute atomic E-state index is 11.5. The number of nitrogens with one attached hydrogen (secondary N) is 1. The van der Waals surface area contributed by atoms with Gasteiger partial charge in [-0.25, -0.2) is 8.42 Å². The highest BCUT2D eigenvalue weighted by atomic mass is 32.2. The van der Waals surface area contributed by atoms with Gasteiger partial charge in [-0.3, -0.25) is 9.67 Å². The molecule has 90 valence electrons. The van der Waals surface area contributed by atoms with Gasteiger partial charge in [-0.2, -0.15) is 5.10 Å². The Morgan fingerprint density at radius 2 is 2.38 bits per heavy atom. The van der Waals surface area contributed by atoms with Crippen LogP contribution < -0.4 is 0 Å². The second-order valence-electron chi connectivity index (χ2n) is 3.88. The van der Waals surface area contributed by atoms with Crippen LogP contribution in [0.5, 0.6) is 0 Å². The average Bonchev–Trinajstić information content (AvgIpc) is 2.58. The van der Waals surface area contributed by atoms with Gasteiger partial charge < -0.3 is 5.11 Å². The largest absolute Gasteiger partial charge is 0.388 e. The maximum atomic E-state index is 11.5. The van der Waals surface area contributed by atoms with Crippen LogP contribution in [0.3, 0.4) is 0 Å². The Morgan fingerprint density at radius 3 is 3.00 bits per heavy atom. The number of rotatable bonds is 2. The minimum atomic E-state index is -2.99. The zero-order valence-corrected chi connectivity index (χ0v) is 10.2. The fourth-order valence-corrected chi connectivity index (χ4v) is 4.00. The van der Waals surface area contributed by atoms with E-state index >= 15 is 0 Å². The van der Waals surface area contributed by atoms with Crippen LogP contribution in [0.4, 0.5) is 0 Å². The van der Waals surface area contributed by atoms with E-state index in [1.165, 1.54) is 0 Å². The molecule has 2 N–H and O–H groups in total. The zero-order chi connectivity index (χ0) is 11.8. The van der Waals surface area contributed by atoms with E-state index in [1.807, 2.05) is 0 Å². The summed E-state index contributed by atoms with van der Waals surface area (Å²) in [6, 6.07) is -0.202. The molecule has 1 aliphatic rings. The minimum Gasteiger partial charge on any atom is -0.388 e. The lowest BCUT2D eigenvalue weighted by atomic mass is 10.2. The van der Waals surface area contributed by atoms with Gasteiger partial charge in [0.15, 0.2) is 20.4 Å². The lowest BCUT2D eigenvalue weighted by molar-refractivity contribution is 0.259. The van der Waals surface area contributed by atoms with Crippen molar-refractivity contribution in [3.63, 3.8) is 0 Å². The van der Waals surface area contributed by atoms with Crippen molar-refractivity contribution in [1.29, 1.82) is 0 Å². The molecule has 2 heterocycles. The number of aliphatic hydroxyl groups is 1. The van der Waals surface area contributed by atoms with E-state index in [2.05, 4.69) is 10.2 Å². The van der Waals surface area contributed by atoms with Gasteiger partial charge in [0.1, 0.15) is 6.61 Å². The summed E-state index contributed by atoms with van der Waals surface area (Å²) in [5.41, 5.74) is 0. The van der Waals surface area contributed by atoms with Crippen LogP contribution in [0.15, 0.2) is 0 Å². The van der Waals surface area contributed by atoms with E-state index in [1.54, 1.807) is 4.57 Å². The summed E-state index contributed by atoms with van der Waals surface area (Å²) in [5.74, 6) is 0.712. The second-order valence-corrected chi connectivity index (χ2v) is 6.50. The van der Waals surface area contributed by atoms with E-state index in [4.69, 9.17) is 17.3 Å². The molecule has 1 aromatic rings. The molecule has 6 nitrogen and oxygen atoms in total. The van der Waals surface area contributed by atoms with Crippen LogP contribution in [0.2, 0.25) is 0 Å². The molecule has 0 radical (unpaired) electrons. The number of aromatic amines is 1. The lowest BCUT2D eigenvalue weighted by Crippen LogP contribution is -2.28. The molecule has 0 amide bonds. The molecule has 16 heavy (non-hydrogen) atoms. The lowest BCUT2D eigenvalue weighted by Gasteiger charge is -2.23. The quantitative estimate of drug-likeness (QED) is 0.743. The summed E-state index contributed by atoms with van der Waals surface area (Å²) in [6.45, 7) is -0.246. The molecule has 2 rings (SSSR count). The first-order chi connectivity index (χ1) is 7.53. The van der Waals surface area contributed by atoms with Crippen LogP contribution >= 0.6 is 12.2 Å². The van der Waals surface area contributed by atoms with Crippen molar-refractivity contribution < 1.29 is 13.5 Å². The van der Waals surface area contributed by atoms with Crippen LogP contribution in [-0.2, 0) is 16.4 Å². The number of aliphatic hydroxyl groups excluding tert-OH is 1. The first-order valence-corrected chi connectivity index (χ1v) is 7.23. The Kier molecular flexibility index (Phi) is 3.13. The van der Waals surface area contributed by atoms with Gasteiger partial charge in [0.05, 0.1) is 17.5 Å². The van der Waals surface area contributed by atoms with Crippen LogP contribution in [0, 0.1) is 4.77 Å². The summed E-state index contributed by atoms with van der Waals surface area (Å²) in [4.78, 5) is 0. The van der Waals surface area contributed by atoms with E-state index in [9.17, 15) is 8.42 Å². The number of H-pyrrole nitrogens is 1. The highest BCUT2D eigenvalue weighted by molar-refractivity contribution is 7.91. The molecular weight excluding hydrogens is 250 g/mol. The highest BCUT2D eigenvalue weighted by Crippen LogP contribution is 2.24. The molecule has 1 unspecified atom stereocenters. The van der Waals surface area contributed by atoms with Gasteiger partial charge >= 0.3 is 0 Å². The second kappa shape index (κ2) is 4.27. The summed E-state index contributed by atoms with van der Waals surface area (Å²) in [6.07, 6.45) is 1.38.